The number of rotatable bonds is 5. The van der Waals surface area contributed by atoms with Gasteiger partial charge in [0.15, 0.2) is 0 Å². The van der Waals surface area contributed by atoms with Crippen LogP contribution < -0.4 is 20.6 Å². The monoisotopic (exact) mass is 419 g/mol. The summed E-state index contributed by atoms with van der Waals surface area (Å²) in [6.07, 6.45) is -3.30. The van der Waals surface area contributed by atoms with Crippen molar-refractivity contribution in [2.45, 2.75) is 12.9 Å². The SMILES string of the molecule is O=c1n(-c2ccc(N3CCNCC3)cc2)cnn1Cc1ccc(OC(F)(F)F)cc1. The van der Waals surface area contributed by atoms with E-state index in [4.69, 9.17) is 0 Å². The van der Waals surface area contributed by atoms with E-state index in [1.54, 1.807) is 0 Å². The highest BCUT2D eigenvalue weighted by Crippen LogP contribution is 2.23. The average molecular weight is 419 g/mol. The Hall–Kier alpha value is -3.27. The second-order valence-electron chi connectivity index (χ2n) is 6.89. The van der Waals surface area contributed by atoms with Gasteiger partial charge in [0.05, 0.1) is 12.2 Å². The third kappa shape index (κ3) is 4.65. The summed E-state index contributed by atoms with van der Waals surface area (Å²) in [6.45, 7) is 3.89. The maximum Gasteiger partial charge on any atom is 0.573 e. The lowest BCUT2D eigenvalue weighted by Gasteiger charge is -2.29. The van der Waals surface area contributed by atoms with E-state index in [9.17, 15) is 18.0 Å². The first-order valence-corrected chi connectivity index (χ1v) is 9.44. The van der Waals surface area contributed by atoms with Crippen LogP contribution in [0.25, 0.3) is 5.69 Å². The van der Waals surface area contributed by atoms with Gasteiger partial charge in [-0.15, -0.1) is 13.2 Å². The van der Waals surface area contributed by atoms with Gasteiger partial charge < -0.3 is 15.0 Å². The van der Waals surface area contributed by atoms with Crippen LogP contribution in [0.1, 0.15) is 5.56 Å². The van der Waals surface area contributed by atoms with Crippen molar-refractivity contribution in [1.29, 1.82) is 0 Å². The van der Waals surface area contributed by atoms with Crippen LogP contribution in [0.15, 0.2) is 59.7 Å². The highest BCUT2D eigenvalue weighted by atomic mass is 19.4. The first-order valence-electron chi connectivity index (χ1n) is 9.44. The summed E-state index contributed by atoms with van der Waals surface area (Å²) >= 11 is 0. The molecule has 158 valence electrons. The van der Waals surface area contributed by atoms with E-state index in [0.717, 1.165) is 31.9 Å². The van der Waals surface area contributed by atoms with E-state index in [0.29, 0.717) is 11.3 Å². The molecule has 0 spiro atoms. The van der Waals surface area contributed by atoms with Crippen LogP contribution in [0.2, 0.25) is 0 Å². The molecule has 4 rings (SSSR count). The predicted molar refractivity (Wildman–Crippen MR) is 105 cm³/mol. The molecule has 0 saturated carbocycles. The molecule has 0 amide bonds. The van der Waals surface area contributed by atoms with Crippen LogP contribution in [0.3, 0.4) is 0 Å². The zero-order valence-corrected chi connectivity index (χ0v) is 16.0. The maximum atomic E-state index is 12.7. The first kappa shape index (κ1) is 20.0. The molecule has 1 saturated heterocycles. The number of nitrogens with one attached hydrogen (secondary N) is 1. The molecule has 2 heterocycles. The second-order valence-corrected chi connectivity index (χ2v) is 6.89. The molecule has 2 aromatic carbocycles. The van der Waals surface area contributed by atoms with Gasteiger partial charge in [0.1, 0.15) is 12.1 Å². The molecule has 1 N–H and O–H groups in total. The fourth-order valence-corrected chi connectivity index (χ4v) is 3.34. The lowest BCUT2D eigenvalue weighted by atomic mass is 10.2. The standard InChI is InChI=1S/C20H20F3N5O2/c21-20(22,23)30-18-7-1-15(2-8-18)13-28-19(29)27(14-25-28)17-5-3-16(4-6-17)26-11-9-24-10-12-26/h1-8,14,24H,9-13H2. The van der Waals surface area contributed by atoms with Crippen LogP contribution in [-0.2, 0) is 6.54 Å². The Morgan fingerprint density at radius 1 is 0.967 bits per heavy atom. The Balaban J connectivity index is 1.46. The van der Waals surface area contributed by atoms with Gasteiger partial charge in [-0.25, -0.2) is 14.0 Å². The number of ether oxygens (including phenoxy) is 1. The van der Waals surface area contributed by atoms with Crippen LogP contribution >= 0.6 is 0 Å². The fraction of sp³-hybridized carbons (Fsp3) is 0.300. The summed E-state index contributed by atoms with van der Waals surface area (Å²) in [4.78, 5) is 15.0. The summed E-state index contributed by atoms with van der Waals surface area (Å²) < 4.78 is 43.3. The summed E-state index contributed by atoms with van der Waals surface area (Å²) in [6, 6.07) is 13.0. The molecule has 10 heteroatoms. The molecule has 7 nitrogen and oxygen atoms in total. The summed E-state index contributed by atoms with van der Waals surface area (Å²) in [7, 11) is 0. The van der Waals surface area contributed by atoms with E-state index >= 15 is 0 Å². The Kier molecular flexibility index (Phi) is 5.49. The molecule has 0 bridgehead atoms. The molecular weight excluding hydrogens is 399 g/mol. The Bertz CT molecular complexity index is 1040. The largest absolute Gasteiger partial charge is 0.573 e. The van der Waals surface area contributed by atoms with Crippen LogP contribution in [-0.4, -0.2) is 46.9 Å². The zero-order valence-electron chi connectivity index (χ0n) is 16.0. The smallest absolute Gasteiger partial charge is 0.406 e. The maximum absolute atomic E-state index is 12.7. The number of aromatic nitrogens is 3. The average Bonchev–Trinajstić information content (AvgIpc) is 3.09. The Labute approximate surface area is 170 Å². The summed E-state index contributed by atoms with van der Waals surface area (Å²) in [5, 5.41) is 7.43. The van der Waals surface area contributed by atoms with Crippen molar-refractivity contribution in [3.8, 4) is 11.4 Å². The molecule has 0 aliphatic carbocycles. The third-order valence-corrected chi connectivity index (χ3v) is 4.83. The van der Waals surface area contributed by atoms with Gasteiger partial charge >= 0.3 is 12.1 Å². The van der Waals surface area contributed by atoms with Gasteiger partial charge in [0, 0.05) is 31.9 Å². The molecule has 0 atom stereocenters. The minimum Gasteiger partial charge on any atom is -0.406 e. The lowest BCUT2D eigenvalue weighted by Crippen LogP contribution is -2.43. The number of alkyl halides is 3. The number of halogens is 3. The molecule has 0 radical (unpaired) electrons. The minimum absolute atomic E-state index is 0.136. The highest BCUT2D eigenvalue weighted by molar-refractivity contribution is 5.51. The summed E-state index contributed by atoms with van der Waals surface area (Å²) in [5.74, 6) is -0.311. The van der Waals surface area contributed by atoms with Gasteiger partial charge in [0.25, 0.3) is 0 Å². The molecule has 3 aromatic rings. The first-order chi connectivity index (χ1) is 14.4. The Morgan fingerprint density at radius 2 is 1.60 bits per heavy atom. The molecule has 30 heavy (non-hydrogen) atoms. The van der Waals surface area contributed by atoms with Gasteiger partial charge in [-0.2, -0.15) is 5.10 Å². The normalized spacial score (nSPS) is 14.7. The second kappa shape index (κ2) is 8.23. The number of anilines is 1. The van der Waals surface area contributed by atoms with E-state index in [1.165, 1.54) is 39.8 Å². The number of nitrogens with zero attached hydrogens (tertiary/aromatic N) is 4. The number of hydrogen-bond acceptors (Lipinski definition) is 5. The molecule has 1 aromatic heterocycles. The van der Waals surface area contributed by atoms with Crippen molar-refractivity contribution < 1.29 is 17.9 Å². The summed E-state index contributed by atoms with van der Waals surface area (Å²) in [5.41, 5.74) is 2.09. The predicted octanol–water partition coefficient (Wildman–Crippen LogP) is 2.39. The quantitative estimate of drug-likeness (QED) is 0.688. The molecule has 1 fully saturated rings. The number of piperazine rings is 1. The van der Waals surface area contributed by atoms with Crippen molar-refractivity contribution >= 4 is 5.69 Å². The topological polar surface area (TPSA) is 64.3 Å². The fourth-order valence-electron chi connectivity index (χ4n) is 3.34. The molecular formula is C20H20F3N5O2. The van der Waals surface area contributed by atoms with Gasteiger partial charge in [-0.1, -0.05) is 12.1 Å². The Morgan fingerprint density at radius 3 is 2.23 bits per heavy atom. The van der Waals surface area contributed by atoms with Gasteiger partial charge in [-0.3, -0.25) is 0 Å². The number of hydrogen-bond donors (Lipinski definition) is 1. The van der Waals surface area contributed by atoms with E-state index in [2.05, 4.69) is 20.1 Å². The van der Waals surface area contributed by atoms with E-state index in [1.807, 2.05) is 24.3 Å². The zero-order chi connectivity index (χ0) is 21.1. The van der Waals surface area contributed by atoms with E-state index < -0.39 is 6.36 Å². The minimum atomic E-state index is -4.74. The van der Waals surface area contributed by atoms with Gasteiger partial charge in [0.2, 0.25) is 0 Å². The van der Waals surface area contributed by atoms with Gasteiger partial charge in [-0.05, 0) is 42.0 Å². The van der Waals surface area contributed by atoms with Crippen molar-refractivity contribution in [1.82, 2.24) is 19.7 Å². The van der Waals surface area contributed by atoms with Crippen molar-refractivity contribution in [2.75, 3.05) is 31.1 Å². The van der Waals surface area contributed by atoms with Crippen LogP contribution in [0.5, 0.6) is 5.75 Å². The molecule has 1 aliphatic heterocycles. The van der Waals surface area contributed by atoms with E-state index in [-0.39, 0.29) is 18.0 Å². The molecule has 1 aliphatic rings. The highest BCUT2D eigenvalue weighted by Gasteiger charge is 2.30. The van der Waals surface area contributed by atoms with Crippen molar-refractivity contribution in [2.24, 2.45) is 0 Å². The number of benzene rings is 2. The van der Waals surface area contributed by atoms with Crippen molar-refractivity contribution in [3.05, 3.63) is 70.9 Å². The van der Waals surface area contributed by atoms with Crippen LogP contribution in [0.4, 0.5) is 18.9 Å². The third-order valence-electron chi connectivity index (χ3n) is 4.83. The van der Waals surface area contributed by atoms with Crippen molar-refractivity contribution in [3.63, 3.8) is 0 Å². The van der Waals surface area contributed by atoms with Crippen LogP contribution in [0, 0.1) is 0 Å². The molecule has 0 unspecified atom stereocenters. The lowest BCUT2D eigenvalue weighted by molar-refractivity contribution is -0.274.